The molecule has 110 valence electrons. The molecule has 8 heteroatoms. The van der Waals surface area contributed by atoms with Crippen LogP contribution >= 0.6 is 0 Å². The van der Waals surface area contributed by atoms with Gasteiger partial charge in [-0.3, -0.25) is 10.1 Å². The number of nitro groups is 1. The van der Waals surface area contributed by atoms with E-state index < -0.39 is 14.9 Å². The molecule has 20 heavy (non-hydrogen) atoms. The predicted octanol–water partition coefficient (Wildman–Crippen LogP) is 0.921. The first-order chi connectivity index (χ1) is 9.46. The van der Waals surface area contributed by atoms with Crippen molar-refractivity contribution in [3.8, 4) is 0 Å². The van der Waals surface area contributed by atoms with Crippen LogP contribution in [0.25, 0.3) is 0 Å². The number of para-hydroxylation sites is 1. The number of nitro benzene ring substituents is 1. The lowest BCUT2D eigenvalue weighted by Crippen LogP contribution is -2.48. The molecule has 2 rings (SSSR count). The average molecular weight is 299 g/mol. The molecule has 1 heterocycles. The van der Waals surface area contributed by atoms with Crippen LogP contribution in [0.1, 0.15) is 6.92 Å². The predicted molar refractivity (Wildman–Crippen MR) is 74.0 cm³/mol. The SMILES string of the molecule is CCN1CCN(S(=O)(=O)c2ccccc2[N+](=O)[O-])CC1. The Morgan fingerprint density at radius 1 is 1.20 bits per heavy atom. The minimum Gasteiger partial charge on any atom is -0.301 e. The third-order valence-corrected chi connectivity index (χ3v) is 5.40. The summed E-state index contributed by atoms with van der Waals surface area (Å²) in [5.74, 6) is 0. The molecule has 7 nitrogen and oxygen atoms in total. The van der Waals surface area contributed by atoms with E-state index in [9.17, 15) is 18.5 Å². The molecule has 0 atom stereocenters. The van der Waals surface area contributed by atoms with Gasteiger partial charge in [0.2, 0.25) is 10.0 Å². The lowest BCUT2D eigenvalue weighted by atomic mass is 10.3. The molecule has 0 aromatic heterocycles. The molecule has 0 bridgehead atoms. The van der Waals surface area contributed by atoms with Crippen LogP contribution in [0.3, 0.4) is 0 Å². The fourth-order valence-electron chi connectivity index (χ4n) is 2.25. The van der Waals surface area contributed by atoms with Crippen LogP contribution < -0.4 is 0 Å². The van der Waals surface area contributed by atoms with Crippen LogP contribution in [0.15, 0.2) is 29.2 Å². The van der Waals surface area contributed by atoms with Crippen molar-refractivity contribution in [1.82, 2.24) is 9.21 Å². The van der Waals surface area contributed by atoms with E-state index in [-0.39, 0.29) is 10.6 Å². The van der Waals surface area contributed by atoms with Crippen molar-refractivity contribution in [1.29, 1.82) is 0 Å². The number of hydrogen-bond acceptors (Lipinski definition) is 5. The Labute approximate surface area is 118 Å². The quantitative estimate of drug-likeness (QED) is 0.610. The van der Waals surface area contributed by atoms with E-state index in [1.165, 1.54) is 28.6 Å². The maximum atomic E-state index is 12.5. The van der Waals surface area contributed by atoms with Crippen molar-refractivity contribution in [2.24, 2.45) is 0 Å². The van der Waals surface area contributed by atoms with Crippen molar-refractivity contribution in [2.75, 3.05) is 32.7 Å². The van der Waals surface area contributed by atoms with Gasteiger partial charge in [0.05, 0.1) is 4.92 Å². The number of benzene rings is 1. The van der Waals surface area contributed by atoms with Crippen LogP contribution in [0.2, 0.25) is 0 Å². The van der Waals surface area contributed by atoms with Gasteiger partial charge in [-0.1, -0.05) is 19.1 Å². The largest absolute Gasteiger partial charge is 0.301 e. The average Bonchev–Trinajstić information content (AvgIpc) is 2.47. The molecule has 1 aliphatic rings. The molecule has 0 unspecified atom stereocenters. The molecule has 0 saturated carbocycles. The van der Waals surface area contributed by atoms with Crippen molar-refractivity contribution in [3.63, 3.8) is 0 Å². The van der Waals surface area contributed by atoms with E-state index in [2.05, 4.69) is 4.90 Å². The summed E-state index contributed by atoms with van der Waals surface area (Å²) < 4.78 is 26.3. The highest BCUT2D eigenvalue weighted by Gasteiger charge is 2.33. The number of piperazine rings is 1. The Morgan fingerprint density at radius 2 is 1.80 bits per heavy atom. The van der Waals surface area contributed by atoms with Crippen molar-refractivity contribution < 1.29 is 13.3 Å². The van der Waals surface area contributed by atoms with E-state index in [4.69, 9.17) is 0 Å². The molecule has 1 aromatic rings. The molecule has 1 saturated heterocycles. The van der Waals surface area contributed by atoms with Crippen LogP contribution in [0, 0.1) is 10.1 Å². The highest BCUT2D eigenvalue weighted by atomic mass is 32.2. The maximum absolute atomic E-state index is 12.5. The summed E-state index contributed by atoms with van der Waals surface area (Å²) in [5, 5.41) is 11.0. The molecule has 0 amide bonds. The molecule has 1 aromatic carbocycles. The van der Waals surface area contributed by atoms with E-state index in [1.807, 2.05) is 6.92 Å². The third-order valence-electron chi connectivity index (χ3n) is 3.46. The van der Waals surface area contributed by atoms with Crippen LogP contribution in [0.4, 0.5) is 5.69 Å². The Balaban J connectivity index is 2.30. The topological polar surface area (TPSA) is 83.8 Å². The van der Waals surface area contributed by atoms with E-state index >= 15 is 0 Å². The molecule has 0 aliphatic carbocycles. The van der Waals surface area contributed by atoms with E-state index in [1.54, 1.807) is 0 Å². The first kappa shape index (κ1) is 14.9. The van der Waals surface area contributed by atoms with Gasteiger partial charge in [-0.25, -0.2) is 8.42 Å². The first-order valence-corrected chi connectivity index (χ1v) is 7.86. The molecule has 0 radical (unpaired) electrons. The Morgan fingerprint density at radius 3 is 2.35 bits per heavy atom. The fourth-order valence-corrected chi connectivity index (χ4v) is 3.83. The molecule has 0 N–H and O–H groups in total. The highest BCUT2D eigenvalue weighted by molar-refractivity contribution is 7.89. The van der Waals surface area contributed by atoms with Crippen molar-refractivity contribution >= 4 is 15.7 Å². The number of sulfonamides is 1. The van der Waals surface area contributed by atoms with Gasteiger partial charge in [0.15, 0.2) is 4.90 Å². The zero-order chi connectivity index (χ0) is 14.8. The van der Waals surface area contributed by atoms with Crippen molar-refractivity contribution in [3.05, 3.63) is 34.4 Å². The number of hydrogen-bond donors (Lipinski definition) is 0. The smallest absolute Gasteiger partial charge is 0.289 e. The van der Waals surface area contributed by atoms with Crippen LogP contribution in [-0.2, 0) is 10.0 Å². The molecule has 0 spiro atoms. The fraction of sp³-hybridized carbons (Fsp3) is 0.500. The Hall–Kier alpha value is -1.51. The lowest BCUT2D eigenvalue weighted by molar-refractivity contribution is -0.387. The standard InChI is InChI=1S/C12H17N3O4S/c1-2-13-7-9-14(10-8-13)20(18,19)12-6-4-3-5-11(12)15(16)17/h3-6H,2,7-10H2,1H3. The number of nitrogens with zero attached hydrogens (tertiary/aromatic N) is 3. The zero-order valence-electron chi connectivity index (χ0n) is 11.2. The van der Waals surface area contributed by atoms with E-state index in [0.717, 1.165) is 6.54 Å². The Kier molecular flexibility index (Phi) is 4.36. The molecule has 1 fully saturated rings. The van der Waals surface area contributed by atoms with Gasteiger partial charge in [-0.2, -0.15) is 4.31 Å². The highest BCUT2D eigenvalue weighted by Crippen LogP contribution is 2.26. The van der Waals surface area contributed by atoms with Gasteiger partial charge in [0, 0.05) is 32.2 Å². The van der Waals surface area contributed by atoms with Gasteiger partial charge >= 0.3 is 0 Å². The second-order valence-corrected chi connectivity index (χ2v) is 6.47. The van der Waals surface area contributed by atoms with Crippen LogP contribution in [-0.4, -0.2) is 55.3 Å². The van der Waals surface area contributed by atoms with Crippen LogP contribution in [0.5, 0.6) is 0 Å². The first-order valence-electron chi connectivity index (χ1n) is 6.42. The summed E-state index contributed by atoms with van der Waals surface area (Å²) in [6, 6.07) is 5.48. The third kappa shape index (κ3) is 2.82. The number of likely N-dealkylation sites (N-methyl/N-ethyl adjacent to an activating group) is 1. The lowest BCUT2D eigenvalue weighted by Gasteiger charge is -2.33. The summed E-state index contributed by atoms with van der Waals surface area (Å²) >= 11 is 0. The van der Waals surface area contributed by atoms with Gasteiger partial charge < -0.3 is 4.90 Å². The van der Waals surface area contributed by atoms with Crippen molar-refractivity contribution in [2.45, 2.75) is 11.8 Å². The zero-order valence-corrected chi connectivity index (χ0v) is 12.0. The molecular weight excluding hydrogens is 282 g/mol. The van der Waals surface area contributed by atoms with Gasteiger partial charge in [-0.15, -0.1) is 0 Å². The molecular formula is C12H17N3O4S. The summed E-state index contributed by atoms with van der Waals surface area (Å²) in [4.78, 5) is 12.2. The second kappa shape index (κ2) is 5.86. The summed E-state index contributed by atoms with van der Waals surface area (Å²) in [6.45, 7) is 4.92. The summed E-state index contributed by atoms with van der Waals surface area (Å²) in [6.07, 6.45) is 0. The minimum atomic E-state index is -3.80. The normalized spacial score (nSPS) is 18.1. The maximum Gasteiger partial charge on any atom is 0.289 e. The van der Waals surface area contributed by atoms with Gasteiger partial charge in [0.25, 0.3) is 5.69 Å². The summed E-state index contributed by atoms with van der Waals surface area (Å²) in [7, 11) is -3.80. The number of rotatable bonds is 4. The van der Waals surface area contributed by atoms with E-state index in [0.29, 0.717) is 26.2 Å². The molecule has 1 aliphatic heterocycles. The van der Waals surface area contributed by atoms with Gasteiger partial charge in [0.1, 0.15) is 0 Å². The summed E-state index contributed by atoms with van der Waals surface area (Å²) in [5.41, 5.74) is -0.370. The minimum absolute atomic E-state index is 0.227. The monoisotopic (exact) mass is 299 g/mol. The van der Waals surface area contributed by atoms with Gasteiger partial charge in [-0.05, 0) is 12.6 Å². The second-order valence-electron chi connectivity index (χ2n) is 4.56. The Bertz CT molecular complexity index is 594.